The molecule has 1 N–H and O–H groups in total. The second kappa shape index (κ2) is 6.50. The Balaban J connectivity index is 2.58. The second-order valence-electron chi connectivity index (χ2n) is 6.05. The van der Waals surface area contributed by atoms with E-state index in [4.69, 9.17) is 5.11 Å². The monoisotopic (exact) mass is 396 g/mol. The molecule has 26 heavy (non-hydrogen) atoms. The van der Waals surface area contributed by atoms with Crippen LogP contribution in [0.15, 0.2) is 17.0 Å². The van der Waals surface area contributed by atoms with Gasteiger partial charge in [0.1, 0.15) is 0 Å². The van der Waals surface area contributed by atoms with Crippen molar-refractivity contribution in [3.05, 3.63) is 33.4 Å². The molecule has 0 aliphatic carbocycles. The molecule has 1 aromatic rings. The Morgan fingerprint density at radius 3 is 2.23 bits per heavy atom. The SMILES string of the molecule is Cc1ccc(C)c(S(=O)(=O)N2C[C@@H](C(F)(F)F)[C@H](C(=O)O)C2)c1[N+](=O)[O-]. The number of alkyl halides is 3. The first-order chi connectivity index (χ1) is 11.8. The van der Waals surface area contributed by atoms with E-state index in [9.17, 15) is 36.5 Å². The molecule has 0 aromatic heterocycles. The Hall–Kier alpha value is -2.21. The minimum absolute atomic E-state index is 0.00960. The molecule has 1 aliphatic rings. The van der Waals surface area contributed by atoms with Crippen molar-refractivity contribution in [1.29, 1.82) is 0 Å². The lowest BCUT2D eigenvalue weighted by Crippen LogP contribution is -2.34. The fourth-order valence-corrected chi connectivity index (χ4v) is 4.92. The molecule has 0 amide bonds. The summed E-state index contributed by atoms with van der Waals surface area (Å²) in [4.78, 5) is 20.8. The number of hydrogen-bond donors (Lipinski definition) is 1. The Kier molecular flexibility index (Phi) is 5.03. The predicted octanol–water partition coefficient (Wildman–Crippen LogP) is 2.10. The minimum atomic E-state index is -4.92. The van der Waals surface area contributed by atoms with Crippen LogP contribution in [-0.4, -0.2) is 48.0 Å². The van der Waals surface area contributed by atoms with Gasteiger partial charge < -0.3 is 5.11 Å². The van der Waals surface area contributed by atoms with Crippen molar-refractivity contribution in [1.82, 2.24) is 4.31 Å². The molecule has 144 valence electrons. The predicted molar refractivity (Wildman–Crippen MR) is 82.0 cm³/mol. The third kappa shape index (κ3) is 3.38. The maximum atomic E-state index is 13.1. The van der Waals surface area contributed by atoms with Gasteiger partial charge in [-0.3, -0.25) is 14.9 Å². The molecule has 0 saturated carbocycles. The van der Waals surface area contributed by atoms with Crippen LogP contribution >= 0.6 is 0 Å². The number of aliphatic carboxylic acids is 1. The minimum Gasteiger partial charge on any atom is -0.481 e. The summed E-state index contributed by atoms with van der Waals surface area (Å²) in [5, 5.41) is 20.3. The number of nitro groups is 1. The molecule has 0 unspecified atom stereocenters. The summed E-state index contributed by atoms with van der Waals surface area (Å²) in [6.07, 6.45) is -4.92. The maximum Gasteiger partial charge on any atom is 0.393 e. The lowest BCUT2D eigenvalue weighted by Gasteiger charge is -2.19. The topological polar surface area (TPSA) is 118 Å². The van der Waals surface area contributed by atoms with Crippen LogP contribution < -0.4 is 0 Å². The van der Waals surface area contributed by atoms with Gasteiger partial charge in [-0.05, 0) is 19.4 Å². The van der Waals surface area contributed by atoms with Crippen molar-refractivity contribution >= 4 is 21.7 Å². The van der Waals surface area contributed by atoms with Crippen LogP contribution in [0.2, 0.25) is 0 Å². The first-order valence-electron chi connectivity index (χ1n) is 7.32. The van der Waals surface area contributed by atoms with Gasteiger partial charge in [0.2, 0.25) is 10.0 Å². The third-order valence-electron chi connectivity index (χ3n) is 4.33. The molecule has 2 rings (SSSR count). The summed E-state index contributed by atoms with van der Waals surface area (Å²) >= 11 is 0. The number of benzene rings is 1. The highest BCUT2D eigenvalue weighted by Gasteiger charge is 2.55. The van der Waals surface area contributed by atoms with Gasteiger partial charge in [0.05, 0.1) is 16.8 Å². The lowest BCUT2D eigenvalue weighted by atomic mass is 9.96. The smallest absolute Gasteiger partial charge is 0.393 e. The first kappa shape index (κ1) is 20.1. The Morgan fingerprint density at radius 2 is 1.81 bits per heavy atom. The second-order valence-corrected chi connectivity index (χ2v) is 7.92. The fraction of sp³-hybridized carbons (Fsp3) is 0.500. The largest absolute Gasteiger partial charge is 0.481 e. The van der Waals surface area contributed by atoms with Gasteiger partial charge in [-0.25, -0.2) is 8.42 Å². The van der Waals surface area contributed by atoms with E-state index in [0.717, 1.165) is 0 Å². The van der Waals surface area contributed by atoms with E-state index < -0.39 is 62.6 Å². The third-order valence-corrected chi connectivity index (χ3v) is 6.34. The summed E-state index contributed by atoms with van der Waals surface area (Å²) in [5.41, 5.74) is -0.711. The molecule has 1 aliphatic heterocycles. The quantitative estimate of drug-likeness (QED) is 0.615. The summed E-state index contributed by atoms with van der Waals surface area (Å²) in [5.74, 6) is -6.15. The van der Waals surface area contributed by atoms with E-state index in [-0.39, 0.29) is 11.1 Å². The van der Waals surface area contributed by atoms with Gasteiger partial charge in [-0.1, -0.05) is 12.1 Å². The highest BCUT2D eigenvalue weighted by molar-refractivity contribution is 7.89. The molecule has 1 heterocycles. The highest BCUT2D eigenvalue weighted by atomic mass is 32.2. The maximum absolute atomic E-state index is 13.1. The molecule has 8 nitrogen and oxygen atoms in total. The van der Waals surface area contributed by atoms with Crippen molar-refractivity contribution in [2.75, 3.05) is 13.1 Å². The average molecular weight is 396 g/mol. The number of aryl methyl sites for hydroxylation is 2. The lowest BCUT2D eigenvalue weighted by molar-refractivity contribution is -0.388. The zero-order valence-corrected chi connectivity index (χ0v) is 14.5. The van der Waals surface area contributed by atoms with Crippen LogP contribution in [-0.2, 0) is 14.8 Å². The number of carboxylic acids is 1. The van der Waals surface area contributed by atoms with E-state index in [0.29, 0.717) is 4.31 Å². The molecule has 1 aromatic carbocycles. The Labute approximate surface area is 146 Å². The number of nitrogens with zero attached hydrogens (tertiary/aromatic N) is 2. The number of carboxylic acid groups (broad SMARTS) is 1. The van der Waals surface area contributed by atoms with Crippen LogP contribution in [0, 0.1) is 35.8 Å². The van der Waals surface area contributed by atoms with E-state index >= 15 is 0 Å². The fourth-order valence-electron chi connectivity index (χ4n) is 3.00. The number of nitro benzene ring substituents is 1. The van der Waals surface area contributed by atoms with E-state index in [1.807, 2.05) is 0 Å². The zero-order valence-electron chi connectivity index (χ0n) is 13.6. The molecular weight excluding hydrogens is 381 g/mol. The van der Waals surface area contributed by atoms with E-state index in [2.05, 4.69) is 0 Å². The van der Waals surface area contributed by atoms with Crippen molar-refractivity contribution in [3.8, 4) is 0 Å². The van der Waals surface area contributed by atoms with E-state index in [1.54, 1.807) is 0 Å². The number of sulfonamides is 1. The Bertz CT molecular complexity index is 868. The van der Waals surface area contributed by atoms with Crippen molar-refractivity contribution in [3.63, 3.8) is 0 Å². The molecule has 2 atom stereocenters. The van der Waals surface area contributed by atoms with Gasteiger partial charge in [0, 0.05) is 18.7 Å². The molecule has 0 spiro atoms. The van der Waals surface area contributed by atoms with Gasteiger partial charge in [-0.2, -0.15) is 17.5 Å². The van der Waals surface area contributed by atoms with Crippen LogP contribution in [0.4, 0.5) is 18.9 Å². The number of hydrogen-bond acceptors (Lipinski definition) is 5. The molecule has 1 saturated heterocycles. The van der Waals surface area contributed by atoms with Gasteiger partial charge in [0.25, 0.3) is 5.69 Å². The molecule has 1 fully saturated rings. The molecular formula is C14H15F3N2O6S. The summed E-state index contributed by atoms with van der Waals surface area (Å²) < 4.78 is 65.3. The van der Waals surface area contributed by atoms with Gasteiger partial charge in [0.15, 0.2) is 4.90 Å². The molecule has 12 heteroatoms. The highest BCUT2D eigenvalue weighted by Crippen LogP contribution is 2.41. The summed E-state index contributed by atoms with van der Waals surface area (Å²) in [7, 11) is -4.70. The first-order valence-corrected chi connectivity index (χ1v) is 8.76. The normalized spacial score (nSPS) is 21.7. The van der Waals surface area contributed by atoms with Crippen molar-refractivity contribution in [2.24, 2.45) is 11.8 Å². The standard InChI is InChI=1S/C14H15F3N2O6S/c1-7-3-4-8(2)12(11(7)19(22)23)26(24,25)18-5-9(13(20)21)10(6-18)14(15,16)17/h3-4,9-10H,5-6H2,1-2H3,(H,20,21)/t9-,10-/m1/s1. The van der Waals surface area contributed by atoms with Crippen LogP contribution in [0.3, 0.4) is 0 Å². The molecule has 0 radical (unpaired) electrons. The number of halogens is 3. The number of rotatable bonds is 4. The van der Waals surface area contributed by atoms with Gasteiger partial charge >= 0.3 is 12.1 Å². The van der Waals surface area contributed by atoms with Crippen LogP contribution in [0.1, 0.15) is 11.1 Å². The number of carbonyl (C=O) groups is 1. The average Bonchev–Trinajstić information content (AvgIpc) is 2.95. The Morgan fingerprint density at radius 1 is 1.27 bits per heavy atom. The van der Waals surface area contributed by atoms with Gasteiger partial charge in [-0.15, -0.1) is 0 Å². The zero-order chi connectivity index (χ0) is 20.0. The summed E-state index contributed by atoms with van der Waals surface area (Å²) in [6.45, 7) is 0.574. The van der Waals surface area contributed by atoms with Crippen molar-refractivity contribution < 1.29 is 36.4 Å². The van der Waals surface area contributed by atoms with Crippen molar-refractivity contribution in [2.45, 2.75) is 24.9 Å². The van der Waals surface area contributed by atoms with Crippen LogP contribution in [0.25, 0.3) is 0 Å². The summed E-state index contributed by atoms with van der Waals surface area (Å²) in [6, 6.07) is 2.64. The molecule has 0 bridgehead atoms. The van der Waals surface area contributed by atoms with E-state index in [1.165, 1.54) is 26.0 Å². The van der Waals surface area contributed by atoms with Crippen LogP contribution in [0.5, 0.6) is 0 Å².